The summed E-state index contributed by atoms with van der Waals surface area (Å²) in [6, 6.07) is 6.30. The van der Waals surface area contributed by atoms with E-state index in [4.69, 9.17) is 11.6 Å². The number of hydrogen-bond donors (Lipinski definition) is 1. The smallest absolute Gasteiger partial charge is 0.243 e. The van der Waals surface area contributed by atoms with Crippen molar-refractivity contribution in [3.05, 3.63) is 29.3 Å². The maximum atomic E-state index is 12.5. The van der Waals surface area contributed by atoms with Gasteiger partial charge in [0, 0.05) is 24.2 Å². The van der Waals surface area contributed by atoms with Gasteiger partial charge in [0.05, 0.1) is 4.90 Å². The Bertz CT molecular complexity index is 501. The third kappa shape index (κ3) is 2.85. The molecule has 1 aliphatic rings. The van der Waals surface area contributed by atoms with Crippen molar-refractivity contribution >= 4 is 21.6 Å². The van der Waals surface area contributed by atoms with Crippen LogP contribution >= 0.6 is 11.6 Å². The summed E-state index contributed by atoms with van der Waals surface area (Å²) in [5, 5.41) is 3.77. The van der Waals surface area contributed by atoms with Crippen LogP contribution in [0.25, 0.3) is 0 Å². The summed E-state index contributed by atoms with van der Waals surface area (Å²) in [5.41, 5.74) is 0. The summed E-state index contributed by atoms with van der Waals surface area (Å²) in [4.78, 5) is 0.306. The second kappa shape index (κ2) is 5.57. The zero-order valence-electron chi connectivity index (χ0n) is 10.3. The van der Waals surface area contributed by atoms with Crippen molar-refractivity contribution in [3.63, 3.8) is 0 Å². The first-order valence-corrected chi connectivity index (χ1v) is 7.82. The summed E-state index contributed by atoms with van der Waals surface area (Å²) in [6.45, 7) is 4.02. The summed E-state index contributed by atoms with van der Waals surface area (Å²) < 4.78 is 26.6. The van der Waals surface area contributed by atoms with E-state index < -0.39 is 10.0 Å². The van der Waals surface area contributed by atoms with E-state index in [1.165, 1.54) is 0 Å². The molecule has 1 N–H and O–H groups in total. The molecule has 100 valence electrons. The van der Waals surface area contributed by atoms with E-state index in [0.717, 1.165) is 13.0 Å². The van der Waals surface area contributed by atoms with Gasteiger partial charge in [-0.15, -0.1) is 0 Å². The average molecular weight is 289 g/mol. The van der Waals surface area contributed by atoms with E-state index >= 15 is 0 Å². The van der Waals surface area contributed by atoms with Crippen LogP contribution in [0.1, 0.15) is 13.3 Å². The minimum Gasteiger partial charge on any atom is -0.315 e. The van der Waals surface area contributed by atoms with E-state index in [1.54, 1.807) is 28.6 Å². The quantitative estimate of drug-likeness (QED) is 0.901. The van der Waals surface area contributed by atoms with Crippen LogP contribution in [0.2, 0.25) is 5.02 Å². The van der Waals surface area contributed by atoms with E-state index in [1.807, 2.05) is 6.92 Å². The lowest BCUT2D eigenvalue weighted by molar-refractivity contribution is 0.353. The first-order valence-electron chi connectivity index (χ1n) is 6.00. The van der Waals surface area contributed by atoms with Gasteiger partial charge >= 0.3 is 0 Å². The van der Waals surface area contributed by atoms with Gasteiger partial charge < -0.3 is 5.32 Å². The highest BCUT2D eigenvalue weighted by atomic mass is 35.5. The third-order valence-electron chi connectivity index (χ3n) is 3.08. The molecule has 0 bridgehead atoms. The highest BCUT2D eigenvalue weighted by Gasteiger charge is 2.29. The number of hydrogen-bond acceptors (Lipinski definition) is 3. The average Bonchev–Trinajstić information content (AvgIpc) is 2.55. The van der Waals surface area contributed by atoms with E-state index in [9.17, 15) is 8.42 Å². The van der Waals surface area contributed by atoms with Gasteiger partial charge in [-0.1, -0.05) is 11.6 Å². The first kappa shape index (κ1) is 13.8. The van der Waals surface area contributed by atoms with Crippen molar-refractivity contribution in [2.45, 2.75) is 24.3 Å². The van der Waals surface area contributed by atoms with Crippen LogP contribution in [-0.4, -0.2) is 38.4 Å². The molecule has 0 spiro atoms. The number of halogens is 1. The van der Waals surface area contributed by atoms with Crippen molar-refractivity contribution in [1.82, 2.24) is 9.62 Å². The molecule has 1 unspecified atom stereocenters. The highest BCUT2D eigenvalue weighted by Crippen LogP contribution is 2.21. The number of sulfonamides is 1. The Hall–Kier alpha value is -0.620. The lowest BCUT2D eigenvalue weighted by Crippen LogP contribution is -2.41. The molecule has 0 aromatic heterocycles. The van der Waals surface area contributed by atoms with Crippen molar-refractivity contribution in [1.29, 1.82) is 0 Å². The second-order valence-electron chi connectivity index (χ2n) is 4.48. The van der Waals surface area contributed by atoms with Crippen molar-refractivity contribution in [2.75, 3.05) is 19.6 Å². The van der Waals surface area contributed by atoms with Crippen LogP contribution < -0.4 is 5.32 Å². The molecule has 1 aromatic rings. The van der Waals surface area contributed by atoms with E-state index in [0.29, 0.717) is 23.0 Å². The number of nitrogens with one attached hydrogen (secondary N) is 1. The van der Waals surface area contributed by atoms with Crippen LogP contribution in [0.5, 0.6) is 0 Å². The minimum atomic E-state index is -3.42. The number of rotatable bonds is 2. The summed E-state index contributed by atoms with van der Waals surface area (Å²) in [6.07, 6.45) is 0.831. The predicted molar refractivity (Wildman–Crippen MR) is 72.3 cm³/mol. The molecule has 1 fully saturated rings. The maximum Gasteiger partial charge on any atom is 0.243 e. The fourth-order valence-corrected chi connectivity index (χ4v) is 3.89. The number of benzene rings is 1. The Morgan fingerprint density at radius 2 is 2.00 bits per heavy atom. The molecule has 18 heavy (non-hydrogen) atoms. The molecule has 4 nitrogen and oxygen atoms in total. The van der Waals surface area contributed by atoms with Gasteiger partial charge in [0.15, 0.2) is 0 Å². The zero-order valence-corrected chi connectivity index (χ0v) is 11.8. The molecule has 0 saturated carbocycles. The maximum absolute atomic E-state index is 12.5. The monoisotopic (exact) mass is 288 g/mol. The van der Waals surface area contributed by atoms with E-state index in [-0.39, 0.29) is 6.04 Å². The Labute approximate surface area is 113 Å². The van der Waals surface area contributed by atoms with Gasteiger partial charge in [-0.3, -0.25) is 0 Å². The van der Waals surface area contributed by atoms with Crippen LogP contribution in [0.4, 0.5) is 0 Å². The first-order chi connectivity index (χ1) is 8.51. The van der Waals surface area contributed by atoms with Gasteiger partial charge in [0.25, 0.3) is 0 Å². The highest BCUT2D eigenvalue weighted by molar-refractivity contribution is 7.89. The standard InChI is InChI=1S/C12H17ClN2O2S/c1-10-9-14-7-2-8-15(10)18(16,17)12-5-3-11(13)4-6-12/h3-6,10,14H,2,7-9H2,1H3. The Morgan fingerprint density at radius 1 is 1.33 bits per heavy atom. The van der Waals surface area contributed by atoms with E-state index in [2.05, 4.69) is 5.32 Å². The van der Waals surface area contributed by atoms with Crippen molar-refractivity contribution in [2.24, 2.45) is 0 Å². The molecule has 0 radical (unpaired) electrons. The fourth-order valence-electron chi connectivity index (χ4n) is 2.09. The SMILES string of the molecule is CC1CNCCCN1S(=O)(=O)c1ccc(Cl)cc1. The van der Waals surface area contributed by atoms with Gasteiger partial charge in [-0.05, 0) is 44.2 Å². The van der Waals surface area contributed by atoms with Crippen molar-refractivity contribution < 1.29 is 8.42 Å². The fraction of sp³-hybridized carbons (Fsp3) is 0.500. The van der Waals surface area contributed by atoms with Gasteiger partial charge in [-0.2, -0.15) is 4.31 Å². The largest absolute Gasteiger partial charge is 0.315 e. The Morgan fingerprint density at radius 3 is 2.67 bits per heavy atom. The minimum absolute atomic E-state index is 0.0341. The van der Waals surface area contributed by atoms with Crippen LogP contribution in [0, 0.1) is 0 Å². The van der Waals surface area contributed by atoms with Crippen LogP contribution in [0.15, 0.2) is 29.2 Å². The van der Waals surface area contributed by atoms with Crippen molar-refractivity contribution in [3.8, 4) is 0 Å². The molecule has 2 rings (SSSR count). The molecular weight excluding hydrogens is 272 g/mol. The molecule has 0 aliphatic carbocycles. The van der Waals surface area contributed by atoms with Gasteiger partial charge in [-0.25, -0.2) is 8.42 Å². The topological polar surface area (TPSA) is 49.4 Å². The second-order valence-corrected chi connectivity index (χ2v) is 6.80. The zero-order chi connectivity index (χ0) is 13.2. The molecule has 1 aromatic carbocycles. The lowest BCUT2D eigenvalue weighted by Gasteiger charge is -2.25. The summed E-state index contributed by atoms with van der Waals surface area (Å²) in [7, 11) is -3.42. The normalized spacial score (nSPS) is 22.7. The van der Waals surface area contributed by atoms with Gasteiger partial charge in [0.1, 0.15) is 0 Å². The third-order valence-corrected chi connectivity index (χ3v) is 5.36. The lowest BCUT2D eigenvalue weighted by atomic mass is 10.3. The van der Waals surface area contributed by atoms with Gasteiger partial charge in [0.2, 0.25) is 10.0 Å². The van der Waals surface area contributed by atoms with Crippen LogP contribution in [-0.2, 0) is 10.0 Å². The molecule has 1 atom stereocenters. The van der Waals surface area contributed by atoms with Crippen LogP contribution in [0.3, 0.4) is 0 Å². The summed E-state index contributed by atoms with van der Waals surface area (Å²) >= 11 is 5.78. The molecule has 1 heterocycles. The molecule has 0 amide bonds. The molecular formula is C12H17ClN2O2S. The Balaban J connectivity index is 2.31. The molecule has 6 heteroatoms. The number of nitrogens with zero attached hydrogens (tertiary/aromatic N) is 1. The molecule has 1 saturated heterocycles. The molecule has 1 aliphatic heterocycles. The Kier molecular flexibility index (Phi) is 4.27. The summed E-state index contributed by atoms with van der Waals surface area (Å²) in [5.74, 6) is 0. The predicted octanol–water partition coefficient (Wildman–Crippen LogP) is 1.71.